The van der Waals surface area contributed by atoms with Crippen LogP contribution in [0, 0.1) is 0 Å². The third-order valence-electron chi connectivity index (χ3n) is 3.66. The zero-order chi connectivity index (χ0) is 12.8. The van der Waals surface area contributed by atoms with Crippen LogP contribution in [0.25, 0.3) is 0 Å². The van der Waals surface area contributed by atoms with Crippen molar-refractivity contribution in [2.24, 2.45) is 0 Å². The van der Waals surface area contributed by atoms with Gasteiger partial charge in [-0.15, -0.1) is 0 Å². The molecule has 18 heavy (non-hydrogen) atoms. The van der Waals surface area contributed by atoms with Crippen LogP contribution in [0.5, 0.6) is 0 Å². The Morgan fingerprint density at radius 3 is 2.50 bits per heavy atom. The summed E-state index contributed by atoms with van der Waals surface area (Å²) in [6.45, 7) is 4.27. The average Bonchev–Trinajstić information content (AvgIpc) is 3.07. The van der Waals surface area contributed by atoms with Gasteiger partial charge in [0.15, 0.2) is 5.82 Å². The number of benzene rings is 1. The molecule has 4 nitrogen and oxygen atoms in total. The molecule has 0 spiro atoms. The maximum Gasteiger partial charge on any atom is 0.160 e. The number of nitrogens with zero attached hydrogens (tertiary/aromatic N) is 2. The maximum absolute atomic E-state index is 5.72. The van der Waals surface area contributed by atoms with Gasteiger partial charge in [-0.2, -0.15) is 5.10 Å². The Labute approximate surface area is 107 Å². The monoisotopic (exact) mass is 242 g/mol. The molecular formula is C14H18N4. The van der Waals surface area contributed by atoms with Crippen LogP contribution in [-0.2, 0) is 5.41 Å². The Bertz CT molecular complexity index is 549. The SMILES string of the molecule is CC(C)(c1ccc(N)cc1)c1n[nH]c(C2CC2)n1. The van der Waals surface area contributed by atoms with Crippen LogP contribution in [0.15, 0.2) is 24.3 Å². The van der Waals surface area contributed by atoms with E-state index in [2.05, 4.69) is 29.0 Å². The van der Waals surface area contributed by atoms with Crippen molar-refractivity contribution in [2.45, 2.75) is 38.0 Å². The summed E-state index contributed by atoms with van der Waals surface area (Å²) in [7, 11) is 0. The zero-order valence-corrected chi connectivity index (χ0v) is 10.8. The van der Waals surface area contributed by atoms with Crippen molar-refractivity contribution in [1.29, 1.82) is 0 Å². The van der Waals surface area contributed by atoms with Crippen LogP contribution in [0.3, 0.4) is 0 Å². The van der Waals surface area contributed by atoms with E-state index in [0.717, 1.165) is 17.3 Å². The number of hydrogen-bond acceptors (Lipinski definition) is 3. The number of anilines is 1. The summed E-state index contributed by atoms with van der Waals surface area (Å²) in [6.07, 6.45) is 2.47. The van der Waals surface area contributed by atoms with Crippen LogP contribution in [-0.4, -0.2) is 15.2 Å². The minimum Gasteiger partial charge on any atom is -0.399 e. The highest BCUT2D eigenvalue weighted by Gasteiger charge is 2.32. The molecule has 0 unspecified atom stereocenters. The first-order valence-corrected chi connectivity index (χ1v) is 6.36. The third-order valence-corrected chi connectivity index (χ3v) is 3.66. The molecule has 3 rings (SSSR count). The molecule has 94 valence electrons. The summed E-state index contributed by atoms with van der Waals surface area (Å²) >= 11 is 0. The number of hydrogen-bond donors (Lipinski definition) is 2. The van der Waals surface area contributed by atoms with Gasteiger partial charge >= 0.3 is 0 Å². The molecule has 1 aromatic heterocycles. The lowest BCUT2D eigenvalue weighted by molar-refractivity contribution is 0.593. The van der Waals surface area contributed by atoms with E-state index in [1.54, 1.807) is 0 Å². The van der Waals surface area contributed by atoms with Gasteiger partial charge in [-0.05, 0) is 44.4 Å². The maximum atomic E-state index is 5.72. The molecule has 3 N–H and O–H groups in total. The van der Waals surface area contributed by atoms with Gasteiger partial charge < -0.3 is 5.73 Å². The van der Waals surface area contributed by atoms with Gasteiger partial charge in [-0.3, -0.25) is 5.10 Å². The predicted molar refractivity (Wildman–Crippen MR) is 71.3 cm³/mol. The van der Waals surface area contributed by atoms with Crippen molar-refractivity contribution < 1.29 is 0 Å². The summed E-state index contributed by atoms with van der Waals surface area (Å²) in [5, 5.41) is 7.45. The van der Waals surface area contributed by atoms with Crippen molar-refractivity contribution in [3.05, 3.63) is 41.5 Å². The van der Waals surface area contributed by atoms with Gasteiger partial charge in [0, 0.05) is 11.6 Å². The molecule has 0 aliphatic heterocycles. The second-order valence-electron chi connectivity index (χ2n) is 5.57. The highest BCUT2D eigenvalue weighted by atomic mass is 15.2. The van der Waals surface area contributed by atoms with E-state index in [1.807, 2.05) is 24.3 Å². The fourth-order valence-corrected chi connectivity index (χ4v) is 2.12. The molecule has 2 aromatic rings. The lowest BCUT2D eigenvalue weighted by atomic mass is 9.84. The first kappa shape index (κ1) is 11.3. The summed E-state index contributed by atoms with van der Waals surface area (Å²) in [5.41, 5.74) is 7.49. The first-order valence-electron chi connectivity index (χ1n) is 6.36. The number of aromatic amines is 1. The highest BCUT2D eigenvalue weighted by molar-refractivity contribution is 5.43. The van der Waals surface area contributed by atoms with Crippen LogP contribution in [0.2, 0.25) is 0 Å². The largest absolute Gasteiger partial charge is 0.399 e. The van der Waals surface area contributed by atoms with E-state index in [4.69, 9.17) is 5.73 Å². The van der Waals surface area contributed by atoms with Gasteiger partial charge in [-0.25, -0.2) is 4.98 Å². The Kier molecular flexibility index (Phi) is 2.40. The minimum atomic E-state index is -0.197. The Hall–Kier alpha value is -1.84. The molecular weight excluding hydrogens is 224 g/mol. The van der Waals surface area contributed by atoms with Crippen LogP contribution in [0.4, 0.5) is 5.69 Å². The lowest BCUT2D eigenvalue weighted by Gasteiger charge is -2.21. The lowest BCUT2D eigenvalue weighted by Crippen LogP contribution is -2.20. The quantitative estimate of drug-likeness (QED) is 0.813. The summed E-state index contributed by atoms with van der Waals surface area (Å²) in [6, 6.07) is 7.93. The highest BCUT2D eigenvalue weighted by Crippen LogP contribution is 2.39. The second-order valence-corrected chi connectivity index (χ2v) is 5.57. The molecule has 0 bridgehead atoms. The topological polar surface area (TPSA) is 67.6 Å². The van der Waals surface area contributed by atoms with Crippen molar-refractivity contribution in [3.63, 3.8) is 0 Å². The molecule has 0 atom stereocenters. The number of rotatable bonds is 3. The molecule has 1 heterocycles. The summed E-state index contributed by atoms with van der Waals surface area (Å²) in [5.74, 6) is 2.50. The van der Waals surface area contributed by atoms with E-state index in [1.165, 1.54) is 18.4 Å². The van der Waals surface area contributed by atoms with E-state index < -0.39 is 0 Å². The third kappa shape index (κ3) is 1.88. The van der Waals surface area contributed by atoms with E-state index in [9.17, 15) is 0 Å². The Morgan fingerprint density at radius 1 is 1.22 bits per heavy atom. The van der Waals surface area contributed by atoms with E-state index in [0.29, 0.717) is 5.92 Å². The summed E-state index contributed by atoms with van der Waals surface area (Å²) < 4.78 is 0. The first-order chi connectivity index (χ1) is 8.57. The fourth-order valence-electron chi connectivity index (χ4n) is 2.12. The second kappa shape index (κ2) is 3.83. The molecule has 1 saturated carbocycles. The molecule has 0 radical (unpaired) electrons. The number of aromatic nitrogens is 3. The van der Waals surface area contributed by atoms with E-state index in [-0.39, 0.29) is 5.41 Å². The molecule has 0 saturated heterocycles. The number of nitrogens with one attached hydrogen (secondary N) is 1. The fraction of sp³-hybridized carbons (Fsp3) is 0.429. The Morgan fingerprint density at radius 2 is 1.89 bits per heavy atom. The normalized spacial score (nSPS) is 15.9. The van der Waals surface area contributed by atoms with Crippen molar-refractivity contribution in [2.75, 3.05) is 5.73 Å². The van der Waals surface area contributed by atoms with Crippen molar-refractivity contribution >= 4 is 5.69 Å². The van der Waals surface area contributed by atoms with Gasteiger partial charge in [0.05, 0.1) is 5.41 Å². The number of nitrogen functional groups attached to an aromatic ring is 1. The molecule has 1 fully saturated rings. The van der Waals surface area contributed by atoms with Gasteiger partial charge in [0.1, 0.15) is 5.82 Å². The summed E-state index contributed by atoms with van der Waals surface area (Å²) in [4.78, 5) is 4.64. The average molecular weight is 242 g/mol. The standard InChI is InChI=1S/C14H18N4/c1-14(2,10-5-7-11(15)8-6-10)13-16-12(17-18-13)9-3-4-9/h5-9H,3-4,15H2,1-2H3,(H,16,17,18). The molecule has 1 aromatic carbocycles. The predicted octanol–water partition coefficient (Wildman–Crippen LogP) is 2.59. The van der Waals surface area contributed by atoms with Gasteiger partial charge in [0.2, 0.25) is 0 Å². The Balaban J connectivity index is 1.94. The molecule has 1 aliphatic carbocycles. The number of H-pyrrole nitrogens is 1. The van der Waals surface area contributed by atoms with Gasteiger partial charge in [0.25, 0.3) is 0 Å². The van der Waals surface area contributed by atoms with Crippen LogP contribution in [0.1, 0.15) is 49.8 Å². The van der Waals surface area contributed by atoms with Crippen LogP contribution >= 0.6 is 0 Å². The van der Waals surface area contributed by atoms with Crippen molar-refractivity contribution in [1.82, 2.24) is 15.2 Å². The van der Waals surface area contributed by atoms with Crippen molar-refractivity contribution in [3.8, 4) is 0 Å². The molecule has 0 amide bonds. The molecule has 4 heteroatoms. The minimum absolute atomic E-state index is 0.197. The number of nitrogens with two attached hydrogens (primary N) is 1. The van der Waals surface area contributed by atoms with Crippen LogP contribution < -0.4 is 5.73 Å². The molecule has 1 aliphatic rings. The van der Waals surface area contributed by atoms with Gasteiger partial charge in [-0.1, -0.05) is 12.1 Å². The zero-order valence-electron chi connectivity index (χ0n) is 10.8. The smallest absolute Gasteiger partial charge is 0.160 e. The van der Waals surface area contributed by atoms with E-state index >= 15 is 0 Å².